The SMILES string of the molecule is CC.CC.Cn1c(=O)[nH]c2cc(O)c(O)cc2c1=O. The molecule has 106 valence electrons. The summed E-state index contributed by atoms with van der Waals surface area (Å²) in [5, 5.41) is 18.5. The zero-order valence-electron chi connectivity index (χ0n) is 11.8. The van der Waals surface area contributed by atoms with Gasteiger partial charge in [-0.25, -0.2) is 4.79 Å². The van der Waals surface area contributed by atoms with Gasteiger partial charge >= 0.3 is 5.69 Å². The number of nitrogens with one attached hydrogen (secondary N) is 1. The van der Waals surface area contributed by atoms with Gasteiger partial charge in [0.1, 0.15) is 0 Å². The van der Waals surface area contributed by atoms with Gasteiger partial charge in [0, 0.05) is 13.1 Å². The number of benzene rings is 1. The van der Waals surface area contributed by atoms with Crippen LogP contribution < -0.4 is 11.2 Å². The summed E-state index contributed by atoms with van der Waals surface area (Å²) in [7, 11) is 1.32. The van der Waals surface area contributed by atoms with Crippen LogP contribution in [-0.4, -0.2) is 19.8 Å². The predicted octanol–water partition coefficient (Wildman–Crippen LogP) is 1.69. The highest BCUT2D eigenvalue weighted by atomic mass is 16.3. The lowest BCUT2D eigenvalue weighted by Crippen LogP contribution is -2.32. The van der Waals surface area contributed by atoms with Gasteiger partial charge in [-0.3, -0.25) is 9.36 Å². The van der Waals surface area contributed by atoms with Gasteiger partial charge in [-0.1, -0.05) is 27.7 Å². The number of nitrogens with zero attached hydrogens (tertiary/aromatic N) is 1. The van der Waals surface area contributed by atoms with E-state index in [1.54, 1.807) is 0 Å². The molecule has 0 unspecified atom stereocenters. The molecule has 1 heterocycles. The first-order valence-corrected chi connectivity index (χ1v) is 6.15. The van der Waals surface area contributed by atoms with E-state index in [1.807, 2.05) is 27.7 Å². The number of aromatic amines is 1. The summed E-state index contributed by atoms with van der Waals surface area (Å²) in [5.41, 5.74) is -0.903. The molecule has 0 fully saturated rings. The molecular weight excluding hydrogens is 248 g/mol. The maximum Gasteiger partial charge on any atom is 0.328 e. The third kappa shape index (κ3) is 3.37. The molecule has 3 N–H and O–H groups in total. The maximum absolute atomic E-state index is 11.6. The molecule has 0 radical (unpaired) electrons. The lowest BCUT2D eigenvalue weighted by molar-refractivity contribution is 0.404. The first-order valence-electron chi connectivity index (χ1n) is 6.15. The molecular formula is C13H20N2O4. The minimum absolute atomic E-state index is 0.146. The molecule has 0 saturated carbocycles. The highest BCUT2D eigenvalue weighted by Crippen LogP contribution is 2.26. The van der Waals surface area contributed by atoms with Crippen LogP contribution in [0.15, 0.2) is 21.7 Å². The van der Waals surface area contributed by atoms with Crippen molar-refractivity contribution in [3.63, 3.8) is 0 Å². The standard InChI is InChI=1S/C9H8N2O4.2C2H6/c1-11-8(14)4-2-6(12)7(13)3-5(4)10-9(11)15;2*1-2/h2-3,12-13H,1H3,(H,10,15);2*1-2H3. The first kappa shape index (κ1) is 16.8. The minimum Gasteiger partial charge on any atom is -0.504 e. The Morgan fingerprint density at radius 1 is 1.00 bits per heavy atom. The van der Waals surface area contributed by atoms with Crippen LogP contribution in [0.2, 0.25) is 0 Å². The van der Waals surface area contributed by atoms with Crippen molar-refractivity contribution >= 4 is 10.9 Å². The minimum atomic E-state index is -0.572. The number of aromatic nitrogens is 2. The van der Waals surface area contributed by atoms with Crippen LogP contribution in [0.5, 0.6) is 11.5 Å². The fraction of sp³-hybridized carbons (Fsp3) is 0.385. The maximum atomic E-state index is 11.6. The fourth-order valence-corrected chi connectivity index (χ4v) is 1.33. The Hall–Kier alpha value is -2.24. The van der Waals surface area contributed by atoms with E-state index in [9.17, 15) is 19.8 Å². The van der Waals surface area contributed by atoms with E-state index < -0.39 is 17.0 Å². The summed E-state index contributed by atoms with van der Waals surface area (Å²) in [6.07, 6.45) is 0. The van der Waals surface area contributed by atoms with E-state index >= 15 is 0 Å². The van der Waals surface area contributed by atoms with Crippen LogP contribution in [0, 0.1) is 0 Å². The predicted molar refractivity (Wildman–Crippen MR) is 75.8 cm³/mol. The van der Waals surface area contributed by atoms with E-state index in [-0.39, 0.29) is 16.7 Å². The number of phenolic OH excluding ortho intramolecular Hbond substituents is 2. The zero-order valence-corrected chi connectivity index (χ0v) is 11.8. The van der Waals surface area contributed by atoms with E-state index in [0.717, 1.165) is 16.7 Å². The van der Waals surface area contributed by atoms with E-state index in [4.69, 9.17) is 0 Å². The van der Waals surface area contributed by atoms with Gasteiger partial charge in [0.05, 0.1) is 10.9 Å². The molecule has 0 amide bonds. The average Bonchev–Trinajstić information content (AvgIpc) is 2.44. The molecule has 0 atom stereocenters. The van der Waals surface area contributed by atoms with Crippen molar-refractivity contribution in [2.24, 2.45) is 7.05 Å². The lowest BCUT2D eigenvalue weighted by Gasteiger charge is -2.02. The highest BCUT2D eigenvalue weighted by Gasteiger charge is 2.08. The number of rotatable bonds is 0. The summed E-state index contributed by atoms with van der Waals surface area (Å²) < 4.78 is 0.888. The lowest BCUT2D eigenvalue weighted by atomic mass is 10.2. The second-order valence-corrected chi connectivity index (χ2v) is 3.18. The van der Waals surface area contributed by atoms with Crippen LogP contribution in [0.3, 0.4) is 0 Å². The van der Waals surface area contributed by atoms with Crippen molar-refractivity contribution in [2.45, 2.75) is 27.7 Å². The van der Waals surface area contributed by atoms with Gasteiger partial charge in [-0.2, -0.15) is 0 Å². The van der Waals surface area contributed by atoms with Gasteiger partial charge in [0.15, 0.2) is 11.5 Å². The van der Waals surface area contributed by atoms with Crippen molar-refractivity contribution in [3.05, 3.63) is 33.0 Å². The van der Waals surface area contributed by atoms with Crippen molar-refractivity contribution in [3.8, 4) is 11.5 Å². The van der Waals surface area contributed by atoms with Gasteiger partial charge in [0.2, 0.25) is 0 Å². The monoisotopic (exact) mass is 268 g/mol. The van der Waals surface area contributed by atoms with Gasteiger partial charge < -0.3 is 15.2 Å². The Morgan fingerprint density at radius 3 is 2.00 bits per heavy atom. The van der Waals surface area contributed by atoms with Crippen LogP contribution in [0.25, 0.3) is 10.9 Å². The molecule has 1 aromatic carbocycles. The molecule has 2 aromatic rings. The number of phenols is 2. The molecule has 0 aliphatic rings. The normalized spacial score (nSPS) is 9.11. The third-order valence-electron chi connectivity index (χ3n) is 2.20. The molecule has 6 heteroatoms. The summed E-state index contributed by atoms with van der Waals surface area (Å²) in [6, 6.07) is 2.25. The Bertz CT molecular complexity index is 656. The van der Waals surface area contributed by atoms with E-state index in [0.29, 0.717) is 0 Å². The van der Waals surface area contributed by atoms with Gasteiger partial charge in [-0.05, 0) is 6.07 Å². The van der Waals surface area contributed by atoms with Crippen LogP contribution in [0.4, 0.5) is 0 Å². The topological polar surface area (TPSA) is 95.3 Å². The quantitative estimate of drug-likeness (QED) is 0.633. The highest BCUT2D eigenvalue weighted by molar-refractivity contribution is 5.81. The Morgan fingerprint density at radius 2 is 1.47 bits per heavy atom. The number of aromatic hydroxyl groups is 2. The second-order valence-electron chi connectivity index (χ2n) is 3.18. The van der Waals surface area contributed by atoms with Crippen molar-refractivity contribution in [1.29, 1.82) is 0 Å². The molecule has 0 spiro atoms. The van der Waals surface area contributed by atoms with Gasteiger partial charge in [0.25, 0.3) is 5.56 Å². The van der Waals surface area contributed by atoms with Gasteiger partial charge in [-0.15, -0.1) is 0 Å². The number of hydrogen-bond acceptors (Lipinski definition) is 4. The fourth-order valence-electron chi connectivity index (χ4n) is 1.33. The molecule has 0 bridgehead atoms. The summed E-state index contributed by atoms with van der Waals surface area (Å²) in [5.74, 6) is -0.780. The molecule has 0 aliphatic heterocycles. The van der Waals surface area contributed by atoms with Crippen LogP contribution in [-0.2, 0) is 7.05 Å². The summed E-state index contributed by atoms with van der Waals surface area (Å²) in [4.78, 5) is 25.2. The Balaban J connectivity index is 0.000000741. The average molecular weight is 268 g/mol. The Labute approximate surface area is 111 Å². The van der Waals surface area contributed by atoms with E-state index in [1.165, 1.54) is 7.05 Å². The largest absolute Gasteiger partial charge is 0.504 e. The van der Waals surface area contributed by atoms with E-state index in [2.05, 4.69) is 4.98 Å². The van der Waals surface area contributed by atoms with Crippen LogP contribution in [0.1, 0.15) is 27.7 Å². The number of hydrogen-bond donors (Lipinski definition) is 3. The Kier molecular flexibility index (Phi) is 6.40. The zero-order chi connectivity index (χ0) is 15.2. The number of H-pyrrole nitrogens is 1. The molecule has 6 nitrogen and oxygen atoms in total. The van der Waals surface area contributed by atoms with Crippen molar-refractivity contribution < 1.29 is 10.2 Å². The van der Waals surface area contributed by atoms with Crippen molar-refractivity contribution in [1.82, 2.24) is 9.55 Å². The first-order chi connectivity index (χ1) is 9.00. The smallest absolute Gasteiger partial charge is 0.328 e. The molecule has 0 aliphatic carbocycles. The van der Waals surface area contributed by atoms with Crippen LogP contribution >= 0.6 is 0 Å². The summed E-state index contributed by atoms with van der Waals surface area (Å²) >= 11 is 0. The molecule has 2 rings (SSSR count). The third-order valence-corrected chi connectivity index (χ3v) is 2.20. The molecule has 1 aromatic heterocycles. The number of fused-ring (bicyclic) bond motifs is 1. The summed E-state index contributed by atoms with van der Waals surface area (Å²) in [6.45, 7) is 8.00. The molecule has 0 saturated heterocycles. The molecule has 19 heavy (non-hydrogen) atoms. The van der Waals surface area contributed by atoms with Crippen molar-refractivity contribution in [2.75, 3.05) is 0 Å². The second kappa shape index (κ2) is 7.25.